The second-order valence-corrected chi connectivity index (χ2v) is 2.89. The molecule has 0 aliphatic rings. The summed E-state index contributed by atoms with van der Waals surface area (Å²) in [6.45, 7) is 1.94. The highest BCUT2D eigenvalue weighted by Gasteiger charge is 2.12. The first-order valence-corrected chi connectivity index (χ1v) is 4.20. The Labute approximate surface area is 82.2 Å². The standard InChI is InChI=1S/C10H12N2O2/c1-7-3-5-8(6-4-7)9(12-14)10(13)11-2/h3-6,14H,1-2H3,(H,11,13). The van der Waals surface area contributed by atoms with Crippen molar-refractivity contribution in [2.45, 2.75) is 6.92 Å². The summed E-state index contributed by atoms with van der Waals surface area (Å²) in [6.07, 6.45) is 0. The van der Waals surface area contributed by atoms with Gasteiger partial charge in [0, 0.05) is 12.6 Å². The van der Waals surface area contributed by atoms with Gasteiger partial charge in [0.15, 0.2) is 5.71 Å². The van der Waals surface area contributed by atoms with Gasteiger partial charge in [-0.2, -0.15) is 0 Å². The van der Waals surface area contributed by atoms with Crippen molar-refractivity contribution in [2.75, 3.05) is 7.05 Å². The Balaban J connectivity index is 3.03. The number of nitrogens with one attached hydrogen (secondary N) is 1. The zero-order valence-electron chi connectivity index (χ0n) is 8.11. The van der Waals surface area contributed by atoms with Crippen LogP contribution in [0.4, 0.5) is 0 Å². The second kappa shape index (κ2) is 4.41. The van der Waals surface area contributed by atoms with Crippen molar-refractivity contribution in [1.29, 1.82) is 0 Å². The first kappa shape index (κ1) is 10.2. The van der Waals surface area contributed by atoms with Crippen molar-refractivity contribution >= 4 is 11.6 Å². The molecule has 0 radical (unpaired) electrons. The van der Waals surface area contributed by atoms with E-state index in [0.29, 0.717) is 5.56 Å². The molecule has 0 saturated carbocycles. The van der Waals surface area contributed by atoms with Gasteiger partial charge in [0.2, 0.25) is 0 Å². The van der Waals surface area contributed by atoms with E-state index in [9.17, 15) is 4.79 Å². The van der Waals surface area contributed by atoms with E-state index in [-0.39, 0.29) is 5.71 Å². The predicted octanol–water partition coefficient (Wildman–Crippen LogP) is 0.919. The van der Waals surface area contributed by atoms with Crippen LogP contribution in [0.5, 0.6) is 0 Å². The first-order chi connectivity index (χ1) is 6.69. The fourth-order valence-corrected chi connectivity index (χ4v) is 1.06. The van der Waals surface area contributed by atoms with Crippen molar-refractivity contribution < 1.29 is 10.0 Å². The van der Waals surface area contributed by atoms with Gasteiger partial charge in [-0.25, -0.2) is 0 Å². The Bertz CT molecular complexity index is 355. The molecule has 0 unspecified atom stereocenters. The van der Waals surface area contributed by atoms with Crippen LogP contribution >= 0.6 is 0 Å². The number of oxime groups is 1. The number of nitrogens with zero attached hydrogens (tertiary/aromatic N) is 1. The van der Waals surface area contributed by atoms with E-state index in [1.807, 2.05) is 19.1 Å². The molecule has 0 bridgehead atoms. The molecule has 1 amide bonds. The zero-order valence-corrected chi connectivity index (χ0v) is 8.11. The minimum Gasteiger partial charge on any atom is -0.410 e. The molecule has 2 N–H and O–H groups in total. The minimum atomic E-state index is -0.406. The number of aryl methyl sites for hydroxylation is 1. The molecule has 0 fully saturated rings. The van der Waals surface area contributed by atoms with E-state index in [4.69, 9.17) is 5.21 Å². The third-order valence-electron chi connectivity index (χ3n) is 1.87. The van der Waals surface area contributed by atoms with E-state index >= 15 is 0 Å². The Hall–Kier alpha value is -1.84. The molecule has 0 atom stereocenters. The number of likely N-dealkylation sites (N-methyl/N-ethyl adjacent to an activating group) is 1. The van der Waals surface area contributed by atoms with E-state index in [1.54, 1.807) is 12.1 Å². The molecule has 0 spiro atoms. The predicted molar refractivity (Wildman–Crippen MR) is 53.6 cm³/mol. The van der Waals surface area contributed by atoms with Crippen molar-refractivity contribution in [3.05, 3.63) is 35.4 Å². The Morgan fingerprint density at radius 3 is 2.36 bits per heavy atom. The van der Waals surface area contributed by atoms with Crippen LogP contribution in [-0.2, 0) is 4.79 Å². The Morgan fingerprint density at radius 2 is 1.93 bits per heavy atom. The number of amides is 1. The van der Waals surface area contributed by atoms with Gasteiger partial charge in [0.05, 0.1) is 0 Å². The number of hydrogen-bond acceptors (Lipinski definition) is 3. The Morgan fingerprint density at radius 1 is 1.36 bits per heavy atom. The summed E-state index contributed by atoms with van der Waals surface area (Å²) in [7, 11) is 1.49. The van der Waals surface area contributed by atoms with Crippen LogP contribution in [-0.4, -0.2) is 23.9 Å². The molecule has 1 aromatic rings. The summed E-state index contributed by atoms with van der Waals surface area (Å²) in [6, 6.07) is 7.17. The molecule has 0 aliphatic heterocycles. The molecule has 1 rings (SSSR count). The summed E-state index contributed by atoms with van der Waals surface area (Å²) in [5, 5.41) is 14.0. The van der Waals surface area contributed by atoms with E-state index in [1.165, 1.54) is 7.05 Å². The van der Waals surface area contributed by atoms with E-state index < -0.39 is 5.91 Å². The van der Waals surface area contributed by atoms with Crippen LogP contribution in [0, 0.1) is 6.92 Å². The van der Waals surface area contributed by atoms with Gasteiger partial charge in [-0.15, -0.1) is 0 Å². The molecule has 4 nitrogen and oxygen atoms in total. The zero-order chi connectivity index (χ0) is 10.6. The van der Waals surface area contributed by atoms with Crippen molar-refractivity contribution in [3.8, 4) is 0 Å². The lowest BCUT2D eigenvalue weighted by Gasteiger charge is -2.02. The maximum Gasteiger partial charge on any atom is 0.273 e. The summed E-state index contributed by atoms with van der Waals surface area (Å²) >= 11 is 0. The average molecular weight is 192 g/mol. The molecule has 0 aliphatic carbocycles. The first-order valence-electron chi connectivity index (χ1n) is 4.20. The quantitative estimate of drug-likeness (QED) is 0.416. The lowest BCUT2D eigenvalue weighted by Crippen LogP contribution is -2.28. The average Bonchev–Trinajstić information content (AvgIpc) is 2.21. The third kappa shape index (κ3) is 2.10. The van der Waals surface area contributed by atoms with Gasteiger partial charge in [0.1, 0.15) is 0 Å². The van der Waals surface area contributed by atoms with E-state index in [2.05, 4.69) is 10.5 Å². The molecule has 14 heavy (non-hydrogen) atoms. The SMILES string of the molecule is CNC(=O)C(=NO)c1ccc(C)cc1. The second-order valence-electron chi connectivity index (χ2n) is 2.89. The lowest BCUT2D eigenvalue weighted by atomic mass is 10.1. The van der Waals surface area contributed by atoms with Crippen molar-refractivity contribution in [2.24, 2.45) is 5.16 Å². The summed E-state index contributed by atoms with van der Waals surface area (Å²) in [4.78, 5) is 11.2. The van der Waals surface area contributed by atoms with Gasteiger partial charge >= 0.3 is 0 Å². The van der Waals surface area contributed by atoms with Crippen molar-refractivity contribution in [3.63, 3.8) is 0 Å². The van der Waals surface area contributed by atoms with Gasteiger partial charge in [-0.1, -0.05) is 35.0 Å². The lowest BCUT2D eigenvalue weighted by molar-refractivity contribution is -0.114. The molecular formula is C10H12N2O2. The fourth-order valence-electron chi connectivity index (χ4n) is 1.06. The maximum atomic E-state index is 11.2. The van der Waals surface area contributed by atoms with Crippen molar-refractivity contribution in [1.82, 2.24) is 5.32 Å². The van der Waals surface area contributed by atoms with Crippen LogP contribution in [0.25, 0.3) is 0 Å². The number of rotatable bonds is 2. The van der Waals surface area contributed by atoms with Gasteiger partial charge < -0.3 is 10.5 Å². The van der Waals surface area contributed by atoms with Gasteiger partial charge in [0.25, 0.3) is 5.91 Å². The molecule has 0 saturated heterocycles. The van der Waals surface area contributed by atoms with Gasteiger partial charge in [-0.05, 0) is 6.92 Å². The summed E-state index contributed by atoms with van der Waals surface area (Å²) in [5.41, 5.74) is 1.70. The number of hydrogen-bond donors (Lipinski definition) is 2. The summed E-state index contributed by atoms with van der Waals surface area (Å²) < 4.78 is 0. The molecule has 74 valence electrons. The van der Waals surface area contributed by atoms with E-state index in [0.717, 1.165) is 5.56 Å². The number of carbonyl (C=O) groups is 1. The highest BCUT2D eigenvalue weighted by molar-refractivity contribution is 6.45. The van der Waals surface area contributed by atoms with Crippen LogP contribution in [0.1, 0.15) is 11.1 Å². The maximum absolute atomic E-state index is 11.2. The van der Waals surface area contributed by atoms with Crippen LogP contribution in [0.3, 0.4) is 0 Å². The van der Waals surface area contributed by atoms with Gasteiger partial charge in [-0.3, -0.25) is 4.79 Å². The van der Waals surface area contributed by atoms with Crippen LogP contribution in [0.15, 0.2) is 29.4 Å². The number of benzene rings is 1. The minimum absolute atomic E-state index is 0.0208. The van der Waals surface area contributed by atoms with Crippen LogP contribution < -0.4 is 5.32 Å². The summed E-state index contributed by atoms with van der Waals surface area (Å²) in [5.74, 6) is -0.406. The number of carbonyl (C=O) groups excluding carboxylic acids is 1. The molecular weight excluding hydrogens is 180 g/mol. The van der Waals surface area contributed by atoms with Crippen LogP contribution in [0.2, 0.25) is 0 Å². The largest absolute Gasteiger partial charge is 0.410 e. The third-order valence-corrected chi connectivity index (χ3v) is 1.87. The highest BCUT2D eigenvalue weighted by atomic mass is 16.4. The molecule has 0 aromatic heterocycles. The fraction of sp³-hybridized carbons (Fsp3) is 0.200. The normalized spacial score (nSPS) is 11.1. The topological polar surface area (TPSA) is 61.7 Å². The molecule has 1 aromatic carbocycles. The molecule has 0 heterocycles. The highest BCUT2D eigenvalue weighted by Crippen LogP contribution is 2.04. The smallest absolute Gasteiger partial charge is 0.273 e. The monoisotopic (exact) mass is 192 g/mol. The Kier molecular flexibility index (Phi) is 3.23. The molecule has 4 heteroatoms.